The molecule has 0 amide bonds. The van der Waals surface area contributed by atoms with Gasteiger partial charge in [-0.25, -0.2) is 9.18 Å². The Morgan fingerprint density at radius 1 is 1.14 bits per heavy atom. The Labute approximate surface area is 121 Å². The summed E-state index contributed by atoms with van der Waals surface area (Å²) >= 11 is 0. The standard InChI is InChI=1S/C16H15FO4/c1-10-3-8-15(14(17)9-10)21-13-6-4-12(5-7-13)20-11(2)16(18)19/h3-9,11H,1-2H3,(H,18,19). The molecule has 2 aromatic carbocycles. The van der Waals surface area contributed by atoms with Gasteiger partial charge in [0.1, 0.15) is 11.5 Å². The number of carboxylic acid groups (broad SMARTS) is 1. The second kappa shape index (κ2) is 6.26. The molecule has 0 aliphatic carbocycles. The summed E-state index contributed by atoms with van der Waals surface area (Å²) in [4.78, 5) is 10.7. The molecule has 0 aliphatic heterocycles. The normalized spacial score (nSPS) is 11.8. The van der Waals surface area contributed by atoms with Crippen molar-refractivity contribution in [1.82, 2.24) is 0 Å². The summed E-state index contributed by atoms with van der Waals surface area (Å²) in [7, 11) is 0. The minimum atomic E-state index is -1.04. The number of carboxylic acids is 1. The Morgan fingerprint density at radius 2 is 1.76 bits per heavy atom. The summed E-state index contributed by atoms with van der Waals surface area (Å²) in [6.45, 7) is 3.23. The average molecular weight is 290 g/mol. The molecule has 1 unspecified atom stereocenters. The zero-order valence-electron chi connectivity index (χ0n) is 11.7. The largest absolute Gasteiger partial charge is 0.479 e. The number of hydrogen-bond acceptors (Lipinski definition) is 3. The maximum atomic E-state index is 13.7. The van der Waals surface area contributed by atoms with Gasteiger partial charge >= 0.3 is 5.97 Å². The molecule has 2 rings (SSSR count). The van der Waals surface area contributed by atoms with E-state index in [4.69, 9.17) is 14.6 Å². The zero-order chi connectivity index (χ0) is 15.4. The van der Waals surface area contributed by atoms with Crippen LogP contribution in [-0.2, 0) is 4.79 Å². The maximum absolute atomic E-state index is 13.7. The molecule has 21 heavy (non-hydrogen) atoms. The molecule has 0 saturated carbocycles. The molecule has 110 valence electrons. The smallest absolute Gasteiger partial charge is 0.344 e. The van der Waals surface area contributed by atoms with Crippen molar-refractivity contribution in [2.75, 3.05) is 0 Å². The molecular weight excluding hydrogens is 275 g/mol. The van der Waals surface area contributed by atoms with E-state index in [2.05, 4.69) is 0 Å². The van der Waals surface area contributed by atoms with Crippen molar-refractivity contribution < 1.29 is 23.8 Å². The SMILES string of the molecule is Cc1ccc(Oc2ccc(OC(C)C(=O)O)cc2)c(F)c1. The van der Waals surface area contributed by atoms with Crippen LogP contribution in [0.2, 0.25) is 0 Å². The van der Waals surface area contributed by atoms with E-state index < -0.39 is 17.9 Å². The van der Waals surface area contributed by atoms with Gasteiger partial charge < -0.3 is 14.6 Å². The van der Waals surface area contributed by atoms with Crippen LogP contribution in [0.5, 0.6) is 17.2 Å². The van der Waals surface area contributed by atoms with Crippen LogP contribution in [0.25, 0.3) is 0 Å². The van der Waals surface area contributed by atoms with E-state index in [9.17, 15) is 9.18 Å². The first-order valence-corrected chi connectivity index (χ1v) is 6.39. The Morgan fingerprint density at radius 3 is 2.33 bits per heavy atom. The zero-order valence-corrected chi connectivity index (χ0v) is 11.7. The molecule has 0 aliphatic rings. The second-order valence-electron chi connectivity index (χ2n) is 4.61. The molecule has 0 aromatic heterocycles. The van der Waals surface area contributed by atoms with Gasteiger partial charge in [-0.05, 0) is 55.8 Å². The Balaban J connectivity index is 2.07. The highest BCUT2D eigenvalue weighted by atomic mass is 19.1. The van der Waals surface area contributed by atoms with Gasteiger partial charge in [-0.3, -0.25) is 0 Å². The first-order valence-electron chi connectivity index (χ1n) is 6.39. The van der Waals surface area contributed by atoms with Crippen LogP contribution in [0, 0.1) is 12.7 Å². The number of rotatable bonds is 5. The number of hydrogen-bond donors (Lipinski definition) is 1. The van der Waals surface area contributed by atoms with Crippen molar-refractivity contribution in [1.29, 1.82) is 0 Å². The van der Waals surface area contributed by atoms with Crippen molar-refractivity contribution in [3.63, 3.8) is 0 Å². The lowest BCUT2D eigenvalue weighted by molar-refractivity contribution is -0.144. The predicted molar refractivity (Wildman–Crippen MR) is 75.4 cm³/mol. The highest BCUT2D eigenvalue weighted by Gasteiger charge is 2.12. The topological polar surface area (TPSA) is 55.8 Å². The van der Waals surface area contributed by atoms with E-state index in [1.165, 1.54) is 13.0 Å². The molecule has 1 N–H and O–H groups in total. The first kappa shape index (κ1) is 14.8. The Bertz CT molecular complexity index is 637. The van der Waals surface area contributed by atoms with Gasteiger partial charge in [-0.1, -0.05) is 6.07 Å². The van der Waals surface area contributed by atoms with E-state index >= 15 is 0 Å². The molecule has 5 heteroatoms. The molecule has 0 saturated heterocycles. The lowest BCUT2D eigenvalue weighted by Crippen LogP contribution is -2.22. The summed E-state index contributed by atoms with van der Waals surface area (Å²) in [6.07, 6.45) is -0.939. The van der Waals surface area contributed by atoms with Gasteiger partial charge in [-0.15, -0.1) is 0 Å². The summed E-state index contributed by atoms with van der Waals surface area (Å²) in [5.74, 6) is -0.505. The van der Waals surface area contributed by atoms with Crippen LogP contribution < -0.4 is 9.47 Å². The van der Waals surface area contributed by atoms with Crippen molar-refractivity contribution >= 4 is 5.97 Å². The minimum Gasteiger partial charge on any atom is -0.479 e. The molecule has 0 bridgehead atoms. The van der Waals surface area contributed by atoms with Gasteiger partial charge in [0.15, 0.2) is 17.7 Å². The maximum Gasteiger partial charge on any atom is 0.344 e. The number of halogens is 1. The fourth-order valence-electron chi connectivity index (χ4n) is 1.66. The lowest BCUT2D eigenvalue weighted by Gasteiger charge is -2.11. The monoisotopic (exact) mass is 290 g/mol. The van der Waals surface area contributed by atoms with E-state index in [0.29, 0.717) is 11.5 Å². The predicted octanol–water partition coefficient (Wildman–Crippen LogP) is 3.78. The molecular formula is C16H15FO4. The van der Waals surface area contributed by atoms with Gasteiger partial charge in [0, 0.05) is 0 Å². The highest BCUT2D eigenvalue weighted by molar-refractivity contribution is 5.72. The van der Waals surface area contributed by atoms with Crippen LogP contribution in [0.15, 0.2) is 42.5 Å². The highest BCUT2D eigenvalue weighted by Crippen LogP contribution is 2.26. The Kier molecular flexibility index (Phi) is 4.42. The van der Waals surface area contributed by atoms with Crippen LogP contribution in [0.4, 0.5) is 4.39 Å². The average Bonchev–Trinajstić information content (AvgIpc) is 2.43. The third kappa shape index (κ3) is 3.95. The van der Waals surface area contributed by atoms with E-state index in [1.54, 1.807) is 43.3 Å². The Hall–Kier alpha value is -2.56. The van der Waals surface area contributed by atoms with E-state index in [-0.39, 0.29) is 5.75 Å². The van der Waals surface area contributed by atoms with Crippen molar-refractivity contribution in [2.24, 2.45) is 0 Å². The quantitative estimate of drug-likeness (QED) is 0.910. The fourth-order valence-corrected chi connectivity index (χ4v) is 1.66. The molecule has 4 nitrogen and oxygen atoms in total. The summed E-state index contributed by atoms with van der Waals surface area (Å²) in [6, 6.07) is 11.0. The van der Waals surface area contributed by atoms with Gasteiger partial charge in [0.2, 0.25) is 0 Å². The third-order valence-electron chi connectivity index (χ3n) is 2.80. The molecule has 0 heterocycles. The van der Waals surface area contributed by atoms with Crippen LogP contribution >= 0.6 is 0 Å². The summed E-state index contributed by atoms with van der Waals surface area (Å²) in [5, 5.41) is 8.75. The van der Waals surface area contributed by atoms with Crippen LogP contribution in [0.1, 0.15) is 12.5 Å². The van der Waals surface area contributed by atoms with Crippen LogP contribution in [-0.4, -0.2) is 17.2 Å². The number of aryl methyl sites for hydroxylation is 1. The molecule has 1 atom stereocenters. The molecule has 2 aromatic rings. The lowest BCUT2D eigenvalue weighted by atomic mass is 10.2. The van der Waals surface area contributed by atoms with Crippen LogP contribution in [0.3, 0.4) is 0 Å². The number of carbonyl (C=O) groups is 1. The summed E-state index contributed by atoms with van der Waals surface area (Å²) in [5.41, 5.74) is 0.811. The number of ether oxygens (including phenoxy) is 2. The van der Waals surface area contributed by atoms with Gasteiger partial charge in [0.05, 0.1) is 0 Å². The minimum absolute atomic E-state index is 0.133. The van der Waals surface area contributed by atoms with Crippen molar-refractivity contribution in [3.8, 4) is 17.2 Å². The van der Waals surface area contributed by atoms with Crippen molar-refractivity contribution in [3.05, 3.63) is 53.8 Å². The molecule has 0 radical (unpaired) electrons. The first-order chi connectivity index (χ1) is 9.95. The molecule has 0 fully saturated rings. The number of aliphatic carboxylic acids is 1. The number of benzene rings is 2. The fraction of sp³-hybridized carbons (Fsp3) is 0.188. The van der Waals surface area contributed by atoms with E-state index in [1.807, 2.05) is 0 Å². The van der Waals surface area contributed by atoms with Gasteiger partial charge in [0.25, 0.3) is 0 Å². The van der Waals surface area contributed by atoms with Crippen molar-refractivity contribution in [2.45, 2.75) is 20.0 Å². The van der Waals surface area contributed by atoms with Gasteiger partial charge in [-0.2, -0.15) is 0 Å². The van der Waals surface area contributed by atoms with E-state index in [0.717, 1.165) is 5.56 Å². The molecule has 0 spiro atoms. The third-order valence-corrected chi connectivity index (χ3v) is 2.80. The second-order valence-corrected chi connectivity index (χ2v) is 4.61. The summed E-state index contributed by atoms with van der Waals surface area (Å²) < 4.78 is 24.3.